The van der Waals surface area contributed by atoms with Gasteiger partial charge in [-0.05, 0) is 51.0 Å². The molecular weight excluding hydrogens is 420 g/mol. The number of carbonyl (C=O) groups is 1. The average Bonchev–Trinajstić information content (AvgIpc) is 3.29. The summed E-state index contributed by atoms with van der Waals surface area (Å²) < 4.78 is 5.74. The number of nitrogens with zero attached hydrogens (tertiary/aromatic N) is 5. The quantitative estimate of drug-likeness (QED) is 0.519. The van der Waals surface area contributed by atoms with Crippen LogP contribution in [0.15, 0.2) is 40.9 Å². The molecule has 4 rings (SSSR count). The Hall–Kier alpha value is -3.97. The monoisotopic (exact) mass is 446 g/mol. The van der Waals surface area contributed by atoms with Crippen LogP contribution in [0.4, 0.5) is 17.2 Å². The molecule has 170 valence electrons. The molecule has 3 aromatic rings. The first-order chi connectivity index (χ1) is 15.9. The van der Waals surface area contributed by atoms with E-state index in [0.29, 0.717) is 30.0 Å². The molecule has 0 aliphatic carbocycles. The summed E-state index contributed by atoms with van der Waals surface area (Å²) in [6, 6.07) is 11.3. The molecule has 4 N–H and O–H groups in total. The fourth-order valence-corrected chi connectivity index (χ4v) is 3.56. The molecule has 0 spiro atoms. The zero-order valence-electron chi connectivity index (χ0n) is 18.6. The molecule has 0 atom stereocenters. The zero-order chi connectivity index (χ0) is 23.4. The van der Waals surface area contributed by atoms with Gasteiger partial charge in [-0.3, -0.25) is 4.79 Å². The van der Waals surface area contributed by atoms with Gasteiger partial charge in [0.2, 0.25) is 0 Å². The molecule has 33 heavy (non-hydrogen) atoms. The third-order valence-corrected chi connectivity index (χ3v) is 5.30. The largest absolute Gasteiger partial charge is 0.412 e. The normalized spacial score (nSPS) is 14.2. The SMILES string of the molecule is CC(C)Nc1cc(Nc2ccc(C#N)cc2)ncc1-c1nnc(C(=O)N2CCC(N)CC2)o1. The summed E-state index contributed by atoms with van der Waals surface area (Å²) in [6.45, 7) is 5.19. The van der Waals surface area contributed by atoms with Crippen molar-refractivity contribution in [2.24, 2.45) is 5.73 Å². The Bertz CT molecular complexity index is 1160. The number of anilines is 3. The Morgan fingerprint density at radius 2 is 1.97 bits per heavy atom. The number of aromatic nitrogens is 3. The van der Waals surface area contributed by atoms with Crippen molar-refractivity contribution in [1.29, 1.82) is 5.26 Å². The fourth-order valence-electron chi connectivity index (χ4n) is 3.56. The van der Waals surface area contributed by atoms with E-state index in [1.807, 2.05) is 32.0 Å². The van der Waals surface area contributed by atoms with Gasteiger partial charge in [-0.25, -0.2) is 4.98 Å². The van der Waals surface area contributed by atoms with E-state index in [1.54, 1.807) is 23.2 Å². The molecule has 0 radical (unpaired) electrons. The number of nitriles is 1. The number of benzene rings is 1. The van der Waals surface area contributed by atoms with Crippen LogP contribution in [0.25, 0.3) is 11.5 Å². The number of likely N-dealkylation sites (tertiary alicyclic amines) is 1. The van der Waals surface area contributed by atoms with E-state index in [4.69, 9.17) is 15.4 Å². The van der Waals surface area contributed by atoms with Gasteiger partial charge >= 0.3 is 11.8 Å². The van der Waals surface area contributed by atoms with Gasteiger partial charge in [-0.2, -0.15) is 5.26 Å². The van der Waals surface area contributed by atoms with E-state index in [-0.39, 0.29) is 29.8 Å². The molecule has 3 heterocycles. The van der Waals surface area contributed by atoms with Gasteiger partial charge in [0.05, 0.1) is 22.9 Å². The lowest BCUT2D eigenvalue weighted by Crippen LogP contribution is -2.42. The van der Waals surface area contributed by atoms with Crippen molar-refractivity contribution in [2.75, 3.05) is 23.7 Å². The molecule has 10 nitrogen and oxygen atoms in total. The highest BCUT2D eigenvalue weighted by molar-refractivity contribution is 5.90. The van der Waals surface area contributed by atoms with E-state index in [2.05, 4.69) is 31.9 Å². The minimum atomic E-state index is -0.286. The summed E-state index contributed by atoms with van der Waals surface area (Å²) >= 11 is 0. The van der Waals surface area contributed by atoms with Crippen LogP contribution < -0.4 is 16.4 Å². The zero-order valence-corrected chi connectivity index (χ0v) is 18.6. The predicted octanol–water partition coefficient (Wildman–Crippen LogP) is 3.13. The van der Waals surface area contributed by atoms with Crippen LogP contribution in [-0.2, 0) is 0 Å². The molecule has 0 bridgehead atoms. The molecule has 1 aliphatic rings. The lowest BCUT2D eigenvalue weighted by atomic mass is 10.1. The Morgan fingerprint density at radius 3 is 2.64 bits per heavy atom. The van der Waals surface area contributed by atoms with Crippen molar-refractivity contribution in [1.82, 2.24) is 20.1 Å². The summed E-state index contributed by atoms with van der Waals surface area (Å²) in [5.41, 5.74) is 8.65. The van der Waals surface area contributed by atoms with Gasteiger partial charge in [-0.1, -0.05) is 0 Å². The number of rotatable bonds is 6. The second-order valence-corrected chi connectivity index (χ2v) is 8.27. The molecule has 0 saturated carbocycles. The van der Waals surface area contributed by atoms with E-state index >= 15 is 0 Å². The maximum Gasteiger partial charge on any atom is 0.311 e. The van der Waals surface area contributed by atoms with Gasteiger partial charge in [0.15, 0.2) is 0 Å². The van der Waals surface area contributed by atoms with Gasteiger partial charge < -0.3 is 25.7 Å². The second kappa shape index (κ2) is 9.67. The Kier molecular flexibility index (Phi) is 6.51. The van der Waals surface area contributed by atoms with Gasteiger partial charge in [0, 0.05) is 43.1 Å². The highest BCUT2D eigenvalue weighted by Gasteiger charge is 2.26. The number of amides is 1. The fraction of sp³-hybridized carbons (Fsp3) is 0.348. The number of nitrogens with two attached hydrogens (primary N) is 1. The lowest BCUT2D eigenvalue weighted by molar-refractivity contribution is 0.0675. The maximum absolute atomic E-state index is 12.7. The number of nitrogens with one attached hydrogen (secondary N) is 2. The van der Waals surface area contributed by atoms with Crippen LogP contribution in [0, 0.1) is 11.3 Å². The van der Waals surface area contributed by atoms with Crippen LogP contribution in [0.1, 0.15) is 42.9 Å². The summed E-state index contributed by atoms with van der Waals surface area (Å²) in [6.07, 6.45) is 3.14. The van der Waals surface area contributed by atoms with Crippen molar-refractivity contribution in [3.05, 3.63) is 48.0 Å². The minimum Gasteiger partial charge on any atom is -0.412 e. The van der Waals surface area contributed by atoms with Crippen molar-refractivity contribution >= 4 is 23.1 Å². The third kappa shape index (κ3) is 5.27. The summed E-state index contributed by atoms with van der Waals surface area (Å²) in [7, 11) is 0. The first kappa shape index (κ1) is 22.2. The molecule has 0 unspecified atom stereocenters. The smallest absolute Gasteiger partial charge is 0.311 e. The third-order valence-electron chi connectivity index (χ3n) is 5.30. The summed E-state index contributed by atoms with van der Waals surface area (Å²) in [5, 5.41) is 23.6. The first-order valence-electron chi connectivity index (χ1n) is 10.9. The van der Waals surface area contributed by atoms with E-state index in [0.717, 1.165) is 24.2 Å². The molecule has 1 aliphatic heterocycles. The highest BCUT2D eigenvalue weighted by atomic mass is 16.4. The molecule has 1 saturated heterocycles. The summed E-state index contributed by atoms with van der Waals surface area (Å²) in [5.74, 6) is 0.488. The van der Waals surface area contributed by atoms with Crippen LogP contribution in [0.5, 0.6) is 0 Å². The number of pyridine rings is 1. The molecule has 2 aromatic heterocycles. The number of piperidine rings is 1. The van der Waals surface area contributed by atoms with Crippen LogP contribution >= 0.6 is 0 Å². The van der Waals surface area contributed by atoms with Crippen molar-refractivity contribution in [3.8, 4) is 17.5 Å². The molecule has 1 amide bonds. The van der Waals surface area contributed by atoms with Crippen molar-refractivity contribution < 1.29 is 9.21 Å². The van der Waals surface area contributed by atoms with Crippen LogP contribution in [0.3, 0.4) is 0 Å². The first-order valence-corrected chi connectivity index (χ1v) is 10.9. The predicted molar refractivity (Wildman–Crippen MR) is 124 cm³/mol. The van der Waals surface area contributed by atoms with Crippen molar-refractivity contribution in [2.45, 2.75) is 38.8 Å². The van der Waals surface area contributed by atoms with Crippen LogP contribution in [-0.4, -0.2) is 51.2 Å². The van der Waals surface area contributed by atoms with Gasteiger partial charge in [0.25, 0.3) is 5.89 Å². The highest BCUT2D eigenvalue weighted by Crippen LogP contribution is 2.30. The van der Waals surface area contributed by atoms with E-state index < -0.39 is 0 Å². The van der Waals surface area contributed by atoms with Gasteiger partial charge in [-0.15, -0.1) is 10.2 Å². The molecule has 1 fully saturated rings. The van der Waals surface area contributed by atoms with Gasteiger partial charge in [0.1, 0.15) is 5.82 Å². The van der Waals surface area contributed by atoms with E-state index in [1.165, 1.54) is 0 Å². The standard InChI is InChI=1S/C23H26N8O2/c1-14(2)27-19-11-20(28-17-5-3-15(12-24)4-6-17)26-13-18(19)21-29-30-22(33-21)23(32)31-9-7-16(25)8-10-31/h3-6,11,13-14,16H,7-10,25H2,1-2H3,(H2,26,27,28). The van der Waals surface area contributed by atoms with Crippen LogP contribution in [0.2, 0.25) is 0 Å². The average molecular weight is 447 g/mol. The topological polar surface area (TPSA) is 146 Å². The molecule has 1 aromatic carbocycles. The number of hydrogen-bond acceptors (Lipinski definition) is 9. The Balaban J connectivity index is 1.56. The van der Waals surface area contributed by atoms with E-state index in [9.17, 15) is 4.79 Å². The maximum atomic E-state index is 12.7. The lowest BCUT2D eigenvalue weighted by Gasteiger charge is -2.28. The van der Waals surface area contributed by atoms with Crippen molar-refractivity contribution in [3.63, 3.8) is 0 Å². The molecule has 10 heteroatoms. The minimum absolute atomic E-state index is 0.0456. The number of hydrogen-bond donors (Lipinski definition) is 3. The molecular formula is C23H26N8O2. The summed E-state index contributed by atoms with van der Waals surface area (Å²) in [4.78, 5) is 18.9. The Morgan fingerprint density at radius 1 is 1.24 bits per heavy atom. The second-order valence-electron chi connectivity index (χ2n) is 8.27. The number of carbonyl (C=O) groups excluding carboxylic acids is 1. The Labute approximate surface area is 191 Å².